The molecule has 6 nitrogen and oxygen atoms in total. The Bertz CT molecular complexity index is 1040. The minimum atomic E-state index is -3.73. The molecule has 0 amide bonds. The third-order valence-corrected chi connectivity index (χ3v) is 5.67. The van der Waals surface area contributed by atoms with Crippen molar-refractivity contribution in [1.82, 2.24) is 0 Å². The van der Waals surface area contributed by atoms with Gasteiger partial charge < -0.3 is 14.6 Å². The number of rotatable bonds is 6. The molecule has 0 bridgehead atoms. The highest BCUT2D eigenvalue weighted by Gasteiger charge is 2.20. The summed E-state index contributed by atoms with van der Waals surface area (Å²) in [6, 6.07) is 19.6. The number of hydrogen-bond donors (Lipinski definition) is 1. The number of benzene rings is 3. The van der Waals surface area contributed by atoms with Gasteiger partial charge in [0.15, 0.2) is 6.10 Å². The number of para-hydroxylation sites is 1. The molecule has 0 saturated heterocycles. The Kier molecular flexibility index (Phi) is 5.65. The number of phenols is 1. The lowest BCUT2D eigenvalue weighted by atomic mass is 10.3. The largest absolute Gasteiger partial charge is 0.508 e. The van der Waals surface area contributed by atoms with Crippen molar-refractivity contribution in [1.29, 1.82) is 0 Å². The SMILES string of the molecule is CC(Oc1ccccc1)C(=O)Oc1ccc(S(=O)(=O)c2ccc(O)cc2)cc1. The van der Waals surface area contributed by atoms with E-state index in [0.29, 0.717) is 5.75 Å². The minimum absolute atomic E-state index is 0.0203. The molecule has 144 valence electrons. The summed E-state index contributed by atoms with van der Waals surface area (Å²) in [6.07, 6.45) is -0.831. The highest BCUT2D eigenvalue weighted by atomic mass is 32.2. The molecule has 0 aliphatic heterocycles. The zero-order chi connectivity index (χ0) is 20.1. The topological polar surface area (TPSA) is 89.9 Å². The zero-order valence-corrected chi connectivity index (χ0v) is 15.8. The van der Waals surface area contributed by atoms with Gasteiger partial charge in [0.05, 0.1) is 9.79 Å². The van der Waals surface area contributed by atoms with Crippen LogP contribution in [0.3, 0.4) is 0 Å². The van der Waals surface area contributed by atoms with Crippen LogP contribution in [0.1, 0.15) is 6.92 Å². The molecule has 0 heterocycles. The first kappa shape index (κ1) is 19.4. The van der Waals surface area contributed by atoms with Gasteiger partial charge >= 0.3 is 5.97 Å². The van der Waals surface area contributed by atoms with Crippen molar-refractivity contribution in [2.75, 3.05) is 0 Å². The van der Waals surface area contributed by atoms with Gasteiger partial charge in [-0.3, -0.25) is 0 Å². The van der Waals surface area contributed by atoms with E-state index < -0.39 is 21.9 Å². The average Bonchev–Trinajstić information content (AvgIpc) is 2.69. The van der Waals surface area contributed by atoms with Crippen LogP contribution in [0, 0.1) is 0 Å². The van der Waals surface area contributed by atoms with Crippen LogP contribution in [-0.4, -0.2) is 25.6 Å². The Balaban J connectivity index is 1.68. The molecule has 0 aromatic heterocycles. The first-order valence-corrected chi connectivity index (χ1v) is 9.92. The van der Waals surface area contributed by atoms with E-state index in [2.05, 4.69) is 0 Å². The fraction of sp³-hybridized carbons (Fsp3) is 0.0952. The molecule has 3 aromatic carbocycles. The van der Waals surface area contributed by atoms with E-state index in [1.807, 2.05) is 6.07 Å². The van der Waals surface area contributed by atoms with Crippen molar-refractivity contribution < 1.29 is 27.8 Å². The molecule has 28 heavy (non-hydrogen) atoms. The molecule has 1 atom stereocenters. The molecule has 7 heteroatoms. The van der Waals surface area contributed by atoms with E-state index >= 15 is 0 Å². The molecule has 0 fully saturated rings. The monoisotopic (exact) mass is 398 g/mol. The summed E-state index contributed by atoms with van der Waals surface area (Å²) < 4.78 is 35.9. The summed E-state index contributed by atoms with van der Waals surface area (Å²) in [5.74, 6) is 0.131. The van der Waals surface area contributed by atoms with E-state index in [1.54, 1.807) is 31.2 Å². The quantitative estimate of drug-likeness (QED) is 0.504. The number of hydrogen-bond acceptors (Lipinski definition) is 6. The molecule has 0 aliphatic carbocycles. The predicted molar refractivity (Wildman–Crippen MR) is 102 cm³/mol. The van der Waals surface area contributed by atoms with Crippen LogP contribution in [0.5, 0.6) is 17.2 Å². The Hall–Kier alpha value is -3.32. The third kappa shape index (κ3) is 4.50. The molecule has 0 saturated carbocycles. The number of esters is 1. The molecule has 0 aliphatic rings. The number of aromatic hydroxyl groups is 1. The van der Waals surface area contributed by atoms with Crippen LogP contribution in [0.4, 0.5) is 0 Å². The highest BCUT2D eigenvalue weighted by Crippen LogP contribution is 2.24. The Labute approximate surface area is 162 Å². The number of carbonyl (C=O) groups is 1. The van der Waals surface area contributed by atoms with Crippen LogP contribution < -0.4 is 9.47 Å². The molecule has 1 unspecified atom stereocenters. The van der Waals surface area contributed by atoms with Crippen LogP contribution >= 0.6 is 0 Å². The van der Waals surface area contributed by atoms with Gasteiger partial charge in [0.2, 0.25) is 9.84 Å². The summed E-state index contributed by atoms with van der Waals surface area (Å²) in [4.78, 5) is 12.3. The fourth-order valence-electron chi connectivity index (χ4n) is 2.40. The summed E-state index contributed by atoms with van der Waals surface area (Å²) in [5, 5.41) is 9.30. The Morgan fingerprint density at radius 3 is 1.93 bits per heavy atom. The van der Waals surface area contributed by atoms with Crippen molar-refractivity contribution in [3.63, 3.8) is 0 Å². The first-order chi connectivity index (χ1) is 13.4. The molecule has 1 N–H and O–H groups in total. The zero-order valence-electron chi connectivity index (χ0n) is 15.0. The van der Waals surface area contributed by atoms with Gasteiger partial charge in [-0.05, 0) is 67.6 Å². The summed E-state index contributed by atoms with van der Waals surface area (Å²) in [6.45, 7) is 1.57. The van der Waals surface area contributed by atoms with E-state index in [-0.39, 0.29) is 21.3 Å². The molecule has 0 radical (unpaired) electrons. The lowest BCUT2D eigenvalue weighted by molar-refractivity contribution is -0.141. The van der Waals surface area contributed by atoms with Crippen LogP contribution in [0.2, 0.25) is 0 Å². The van der Waals surface area contributed by atoms with Gasteiger partial charge in [-0.1, -0.05) is 18.2 Å². The van der Waals surface area contributed by atoms with Gasteiger partial charge in [-0.25, -0.2) is 13.2 Å². The number of phenolic OH excluding ortho intramolecular Hbond substituents is 1. The van der Waals surface area contributed by atoms with Crippen LogP contribution in [-0.2, 0) is 14.6 Å². The smallest absolute Gasteiger partial charge is 0.352 e. The van der Waals surface area contributed by atoms with Gasteiger partial charge in [0.25, 0.3) is 0 Å². The summed E-state index contributed by atoms with van der Waals surface area (Å²) in [5.41, 5.74) is 0. The van der Waals surface area contributed by atoms with Crippen LogP contribution in [0.25, 0.3) is 0 Å². The number of carbonyl (C=O) groups excluding carboxylic acids is 1. The maximum atomic E-state index is 12.6. The number of sulfone groups is 1. The molecule has 3 aromatic rings. The standard InChI is InChI=1S/C21H18O6S/c1-15(26-17-5-3-2-4-6-17)21(23)27-18-9-13-20(14-10-18)28(24,25)19-11-7-16(22)8-12-19/h2-15,22H,1H3. The first-order valence-electron chi connectivity index (χ1n) is 8.44. The van der Waals surface area contributed by atoms with E-state index in [9.17, 15) is 18.3 Å². The van der Waals surface area contributed by atoms with Gasteiger partial charge in [-0.2, -0.15) is 0 Å². The summed E-state index contributed by atoms with van der Waals surface area (Å²) >= 11 is 0. The number of ether oxygens (including phenoxy) is 2. The van der Waals surface area contributed by atoms with Crippen molar-refractivity contribution in [3.05, 3.63) is 78.9 Å². The maximum absolute atomic E-state index is 12.6. The lowest BCUT2D eigenvalue weighted by Gasteiger charge is -2.14. The minimum Gasteiger partial charge on any atom is -0.508 e. The molecule has 3 rings (SSSR count). The second-order valence-electron chi connectivity index (χ2n) is 5.96. The van der Waals surface area contributed by atoms with Gasteiger partial charge in [-0.15, -0.1) is 0 Å². The van der Waals surface area contributed by atoms with Crippen molar-refractivity contribution >= 4 is 15.8 Å². The third-order valence-electron chi connectivity index (χ3n) is 3.89. The second-order valence-corrected chi connectivity index (χ2v) is 7.91. The van der Waals surface area contributed by atoms with E-state index in [1.165, 1.54) is 48.5 Å². The van der Waals surface area contributed by atoms with Crippen molar-refractivity contribution in [2.45, 2.75) is 22.8 Å². The second kappa shape index (κ2) is 8.14. The lowest BCUT2D eigenvalue weighted by Crippen LogP contribution is -2.28. The Morgan fingerprint density at radius 1 is 0.821 bits per heavy atom. The molecular weight excluding hydrogens is 380 g/mol. The Morgan fingerprint density at radius 2 is 1.36 bits per heavy atom. The van der Waals surface area contributed by atoms with E-state index in [4.69, 9.17) is 9.47 Å². The fourth-order valence-corrected chi connectivity index (χ4v) is 3.66. The van der Waals surface area contributed by atoms with Gasteiger partial charge in [0.1, 0.15) is 17.2 Å². The van der Waals surface area contributed by atoms with E-state index in [0.717, 1.165) is 0 Å². The molecular formula is C21H18O6S. The highest BCUT2D eigenvalue weighted by molar-refractivity contribution is 7.91. The predicted octanol–water partition coefficient (Wildman–Crippen LogP) is 3.60. The summed E-state index contributed by atoms with van der Waals surface area (Å²) in [7, 11) is -3.73. The molecule has 0 spiro atoms. The van der Waals surface area contributed by atoms with Gasteiger partial charge in [0, 0.05) is 0 Å². The van der Waals surface area contributed by atoms with Crippen molar-refractivity contribution in [3.8, 4) is 17.2 Å². The maximum Gasteiger partial charge on any atom is 0.352 e. The van der Waals surface area contributed by atoms with Crippen molar-refractivity contribution in [2.24, 2.45) is 0 Å². The normalized spacial score (nSPS) is 12.2. The average molecular weight is 398 g/mol. The van der Waals surface area contributed by atoms with Crippen LogP contribution in [0.15, 0.2) is 88.7 Å².